The molecule has 0 spiro atoms. The minimum Gasteiger partial charge on any atom is -0.485 e. The first-order valence-electron chi connectivity index (χ1n) is 3.98. The molecule has 74 valence electrons. The van der Waals surface area contributed by atoms with Crippen LogP contribution in [0.1, 0.15) is 0 Å². The summed E-state index contributed by atoms with van der Waals surface area (Å²) in [5, 5.41) is 8.64. The van der Waals surface area contributed by atoms with E-state index in [1.807, 2.05) is 0 Å². The lowest BCUT2D eigenvalue weighted by Gasteiger charge is -2.23. The van der Waals surface area contributed by atoms with E-state index >= 15 is 0 Å². The Balaban J connectivity index is 2.27. The van der Waals surface area contributed by atoms with Gasteiger partial charge in [0.2, 0.25) is 6.10 Å². The van der Waals surface area contributed by atoms with Crippen LogP contribution in [0.2, 0.25) is 0 Å². The van der Waals surface area contributed by atoms with Gasteiger partial charge in [-0.2, -0.15) is 0 Å². The summed E-state index contributed by atoms with van der Waals surface area (Å²) < 4.78 is 22.8. The number of aliphatic carboxylic acids is 1. The molecule has 0 saturated carbocycles. The SMILES string of the molecule is O=C(O)C1COc2cc(F)ccc2O1. The minimum atomic E-state index is -1.10. The zero-order valence-corrected chi connectivity index (χ0v) is 7.07. The van der Waals surface area contributed by atoms with E-state index in [-0.39, 0.29) is 18.1 Å². The van der Waals surface area contributed by atoms with E-state index in [1.165, 1.54) is 12.1 Å². The van der Waals surface area contributed by atoms with Gasteiger partial charge in [-0.3, -0.25) is 0 Å². The molecule has 0 amide bonds. The number of rotatable bonds is 1. The molecule has 0 fully saturated rings. The quantitative estimate of drug-likeness (QED) is 0.732. The minimum absolute atomic E-state index is 0.105. The smallest absolute Gasteiger partial charge is 0.348 e. The zero-order chi connectivity index (χ0) is 10.1. The highest BCUT2D eigenvalue weighted by Crippen LogP contribution is 2.31. The third kappa shape index (κ3) is 1.48. The molecule has 0 aliphatic carbocycles. The van der Waals surface area contributed by atoms with E-state index in [2.05, 4.69) is 0 Å². The van der Waals surface area contributed by atoms with Crippen molar-refractivity contribution in [3.63, 3.8) is 0 Å². The highest BCUT2D eigenvalue weighted by atomic mass is 19.1. The van der Waals surface area contributed by atoms with Gasteiger partial charge < -0.3 is 14.6 Å². The van der Waals surface area contributed by atoms with Gasteiger partial charge in [0.05, 0.1) is 0 Å². The largest absolute Gasteiger partial charge is 0.485 e. The van der Waals surface area contributed by atoms with Gasteiger partial charge in [0.15, 0.2) is 11.5 Å². The molecule has 5 heteroatoms. The first-order valence-corrected chi connectivity index (χ1v) is 3.98. The maximum Gasteiger partial charge on any atom is 0.348 e. The van der Waals surface area contributed by atoms with Gasteiger partial charge in [0.1, 0.15) is 12.4 Å². The van der Waals surface area contributed by atoms with Crippen molar-refractivity contribution >= 4 is 5.97 Å². The Kier molecular flexibility index (Phi) is 1.99. The summed E-state index contributed by atoms with van der Waals surface area (Å²) in [4.78, 5) is 10.6. The molecule has 0 aromatic heterocycles. The van der Waals surface area contributed by atoms with Gasteiger partial charge in [-0.15, -0.1) is 0 Å². The number of carboxylic acids is 1. The Labute approximate surface area is 78.9 Å². The average molecular weight is 198 g/mol. The van der Waals surface area contributed by atoms with E-state index in [0.29, 0.717) is 0 Å². The third-order valence-electron chi connectivity index (χ3n) is 1.84. The molecular weight excluding hydrogens is 191 g/mol. The van der Waals surface area contributed by atoms with Gasteiger partial charge in [0.25, 0.3) is 0 Å². The van der Waals surface area contributed by atoms with Crippen LogP contribution in [0.5, 0.6) is 11.5 Å². The van der Waals surface area contributed by atoms with Crippen LogP contribution in [0.4, 0.5) is 4.39 Å². The monoisotopic (exact) mass is 198 g/mol. The van der Waals surface area contributed by atoms with Gasteiger partial charge in [-0.25, -0.2) is 9.18 Å². The summed E-state index contributed by atoms with van der Waals surface area (Å²) in [6, 6.07) is 3.69. The zero-order valence-electron chi connectivity index (χ0n) is 7.07. The van der Waals surface area contributed by atoms with Crippen molar-refractivity contribution in [3.8, 4) is 11.5 Å². The molecular formula is C9H7FO4. The molecule has 14 heavy (non-hydrogen) atoms. The van der Waals surface area contributed by atoms with E-state index in [0.717, 1.165) is 6.07 Å². The number of carbonyl (C=O) groups is 1. The molecule has 1 aliphatic rings. The number of hydrogen-bond acceptors (Lipinski definition) is 3. The fraction of sp³-hybridized carbons (Fsp3) is 0.222. The Morgan fingerprint density at radius 2 is 2.29 bits per heavy atom. The molecule has 4 nitrogen and oxygen atoms in total. The topological polar surface area (TPSA) is 55.8 Å². The average Bonchev–Trinajstić information content (AvgIpc) is 2.16. The molecule has 1 unspecified atom stereocenters. The van der Waals surface area contributed by atoms with Gasteiger partial charge >= 0.3 is 5.97 Å². The second kappa shape index (κ2) is 3.17. The van der Waals surface area contributed by atoms with E-state index < -0.39 is 17.9 Å². The Hall–Kier alpha value is -1.78. The molecule has 0 saturated heterocycles. The molecule has 2 rings (SSSR count). The van der Waals surface area contributed by atoms with Crippen molar-refractivity contribution in [1.29, 1.82) is 0 Å². The number of halogens is 1. The van der Waals surface area contributed by atoms with Crippen LogP contribution in [0.25, 0.3) is 0 Å². The lowest BCUT2D eigenvalue weighted by Crippen LogP contribution is -2.36. The van der Waals surface area contributed by atoms with Crippen LogP contribution in [-0.4, -0.2) is 23.8 Å². The van der Waals surface area contributed by atoms with Crippen molar-refractivity contribution in [2.24, 2.45) is 0 Å². The summed E-state index contributed by atoms with van der Waals surface area (Å²) in [7, 11) is 0. The van der Waals surface area contributed by atoms with Crippen LogP contribution in [-0.2, 0) is 4.79 Å². The van der Waals surface area contributed by atoms with Crippen molar-refractivity contribution in [1.82, 2.24) is 0 Å². The molecule has 1 N–H and O–H groups in total. The summed E-state index contributed by atoms with van der Waals surface area (Å²) in [6.07, 6.45) is -1.02. The van der Waals surface area contributed by atoms with Crippen molar-refractivity contribution in [3.05, 3.63) is 24.0 Å². The number of ether oxygens (including phenoxy) is 2. The first kappa shape index (κ1) is 8.80. The second-order valence-corrected chi connectivity index (χ2v) is 2.85. The lowest BCUT2D eigenvalue weighted by molar-refractivity contribution is -0.147. The predicted molar refractivity (Wildman–Crippen MR) is 43.9 cm³/mol. The van der Waals surface area contributed by atoms with Gasteiger partial charge in [0, 0.05) is 6.07 Å². The Bertz CT molecular complexity index is 377. The molecule has 1 aromatic rings. The Morgan fingerprint density at radius 3 is 3.00 bits per heavy atom. The van der Waals surface area contributed by atoms with Gasteiger partial charge in [-0.05, 0) is 12.1 Å². The molecule has 0 radical (unpaired) electrons. The van der Waals surface area contributed by atoms with Crippen molar-refractivity contribution in [2.75, 3.05) is 6.61 Å². The van der Waals surface area contributed by atoms with Crippen LogP contribution < -0.4 is 9.47 Å². The summed E-state index contributed by atoms with van der Waals surface area (Å²) >= 11 is 0. The van der Waals surface area contributed by atoms with E-state index in [1.54, 1.807) is 0 Å². The van der Waals surface area contributed by atoms with E-state index in [4.69, 9.17) is 14.6 Å². The summed E-state index contributed by atoms with van der Waals surface area (Å²) in [5.41, 5.74) is 0. The van der Waals surface area contributed by atoms with Crippen molar-refractivity contribution < 1.29 is 23.8 Å². The van der Waals surface area contributed by atoms with Crippen LogP contribution in [0.15, 0.2) is 18.2 Å². The standard InChI is InChI=1S/C9H7FO4/c10-5-1-2-6-7(3-5)13-4-8(14-6)9(11)12/h1-3,8H,4H2,(H,11,12). The van der Waals surface area contributed by atoms with Gasteiger partial charge in [-0.1, -0.05) is 0 Å². The molecule has 1 heterocycles. The maximum atomic E-state index is 12.7. The number of carboxylic acid groups (broad SMARTS) is 1. The second-order valence-electron chi connectivity index (χ2n) is 2.85. The molecule has 1 aliphatic heterocycles. The molecule has 0 bridgehead atoms. The molecule has 1 atom stereocenters. The maximum absolute atomic E-state index is 12.7. The van der Waals surface area contributed by atoms with Crippen molar-refractivity contribution in [2.45, 2.75) is 6.10 Å². The van der Waals surface area contributed by atoms with Crippen LogP contribution >= 0.6 is 0 Å². The number of hydrogen-bond donors (Lipinski definition) is 1. The highest BCUT2D eigenvalue weighted by molar-refractivity contribution is 5.73. The summed E-state index contributed by atoms with van der Waals surface area (Å²) in [6.45, 7) is -0.105. The summed E-state index contributed by atoms with van der Waals surface area (Å²) in [5.74, 6) is -1.05. The normalized spacial score (nSPS) is 19.1. The Morgan fingerprint density at radius 1 is 1.50 bits per heavy atom. The fourth-order valence-electron chi connectivity index (χ4n) is 1.17. The lowest BCUT2D eigenvalue weighted by atomic mass is 10.2. The fourth-order valence-corrected chi connectivity index (χ4v) is 1.17. The number of fused-ring (bicyclic) bond motifs is 1. The van der Waals surface area contributed by atoms with Crippen LogP contribution in [0.3, 0.4) is 0 Å². The molecule has 1 aromatic carbocycles. The first-order chi connectivity index (χ1) is 6.66. The van der Waals surface area contributed by atoms with E-state index in [9.17, 15) is 9.18 Å². The predicted octanol–water partition coefficient (Wildman–Crippen LogP) is 1.05. The van der Waals surface area contributed by atoms with Crippen LogP contribution in [0, 0.1) is 5.82 Å². The third-order valence-corrected chi connectivity index (χ3v) is 1.84. The highest BCUT2D eigenvalue weighted by Gasteiger charge is 2.26. The number of benzene rings is 1.